The first-order valence-corrected chi connectivity index (χ1v) is 9.29. The molecule has 0 saturated heterocycles. The number of carbonyl (C=O) groups excluding carboxylic acids is 1. The van der Waals surface area contributed by atoms with Crippen LogP contribution in [0.4, 0.5) is 0 Å². The SMILES string of the molecule is COc1ccc(C(C)NC(=O)CCCOc2ccc(Cl)cc2Cl)cc1OC. The van der Waals surface area contributed by atoms with E-state index in [1.54, 1.807) is 32.4 Å². The van der Waals surface area contributed by atoms with Gasteiger partial charge in [0.15, 0.2) is 11.5 Å². The van der Waals surface area contributed by atoms with Crippen LogP contribution < -0.4 is 19.5 Å². The molecule has 0 spiro atoms. The topological polar surface area (TPSA) is 56.8 Å². The van der Waals surface area contributed by atoms with Crippen LogP contribution in [0.5, 0.6) is 17.2 Å². The van der Waals surface area contributed by atoms with Crippen molar-refractivity contribution in [2.75, 3.05) is 20.8 Å². The van der Waals surface area contributed by atoms with Gasteiger partial charge in [-0.25, -0.2) is 0 Å². The second-order valence-electron chi connectivity index (χ2n) is 5.93. The van der Waals surface area contributed by atoms with E-state index in [1.807, 2.05) is 25.1 Å². The van der Waals surface area contributed by atoms with Crippen molar-refractivity contribution in [2.24, 2.45) is 0 Å². The lowest BCUT2D eigenvalue weighted by atomic mass is 10.1. The predicted molar refractivity (Wildman–Crippen MR) is 107 cm³/mol. The van der Waals surface area contributed by atoms with Gasteiger partial charge in [-0.3, -0.25) is 4.79 Å². The summed E-state index contributed by atoms with van der Waals surface area (Å²) in [6, 6.07) is 10.5. The van der Waals surface area contributed by atoms with Crippen molar-refractivity contribution in [1.82, 2.24) is 5.32 Å². The van der Waals surface area contributed by atoms with Gasteiger partial charge in [0.25, 0.3) is 0 Å². The smallest absolute Gasteiger partial charge is 0.220 e. The maximum Gasteiger partial charge on any atom is 0.220 e. The molecular weight excluding hydrogens is 389 g/mol. The lowest BCUT2D eigenvalue weighted by molar-refractivity contribution is -0.121. The average molecular weight is 412 g/mol. The van der Waals surface area contributed by atoms with Crippen LogP contribution in [-0.2, 0) is 4.79 Å². The fraction of sp³-hybridized carbons (Fsp3) is 0.350. The fourth-order valence-electron chi connectivity index (χ4n) is 2.53. The van der Waals surface area contributed by atoms with E-state index in [9.17, 15) is 4.79 Å². The highest BCUT2D eigenvalue weighted by atomic mass is 35.5. The minimum Gasteiger partial charge on any atom is -0.493 e. The molecule has 5 nitrogen and oxygen atoms in total. The summed E-state index contributed by atoms with van der Waals surface area (Å²) in [5.74, 6) is 1.78. The van der Waals surface area contributed by atoms with Gasteiger partial charge in [0, 0.05) is 11.4 Å². The summed E-state index contributed by atoms with van der Waals surface area (Å²) in [7, 11) is 3.17. The molecule has 146 valence electrons. The van der Waals surface area contributed by atoms with Crippen LogP contribution in [0.25, 0.3) is 0 Å². The van der Waals surface area contributed by atoms with Crippen molar-refractivity contribution < 1.29 is 19.0 Å². The number of benzene rings is 2. The van der Waals surface area contributed by atoms with Gasteiger partial charge in [0.2, 0.25) is 5.91 Å². The summed E-state index contributed by atoms with van der Waals surface area (Å²) in [6.45, 7) is 2.31. The number of halogens is 2. The minimum absolute atomic E-state index is 0.0527. The largest absolute Gasteiger partial charge is 0.493 e. The molecule has 0 saturated carbocycles. The molecule has 0 aliphatic carbocycles. The zero-order valence-electron chi connectivity index (χ0n) is 15.6. The van der Waals surface area contributed by atoms with E-state index < -0.39 is 0 Å². The molecule has 27 heavy (non-hydrogen) atoms. The highest BCUT2D eigenvalue weighted by molar-refractivity contribution is 6.35. The van der Waals surface area contributed by atoms with E-state index in [0.29, 0.717) is 46.7 Å². The van der Waals surface area contributed by atoms with Crippen molar-refractivity contribution in [3.63, 3.8) is 0 Å². The van der Waals surface area contributed by atoms with Gasteiger partial charge >= 0.3 is 0 Å². The highest BCUT2D eigenvalue weighted by Gasteiger charge is 2.13. The van der Waals surface area contributed by atoms with Gasteiger partial charge in [-0.15, -0.1) is 0 Å². The number of ether oxygens (including phenoxy) is 3. The van der Waals surface area contributed by atoms with Crippen LogP contribution in [0.2, 0.25) is 10.0 Å². The van der Waals surface area contributed by atoms with Crippen molar-refractivity contribution in [3.05, 3.63) is 52.0 Å². The van der Waals surface area contributed by atoms with E-state index in [1.165, 1.54) is 0 Å². The first-order valence-electron chi connectivity index (χ1n) is 8.53. The number of hydrogen-bond acceptors (Lipinski definition) is 4. The summed E-state index contributed by atoms with van der Waals surface area (Å²) in [6.07, 6.45) is 0.923. The van der Waals surface area contributed by atoms with Gasteiger partial charge in [0.05, 0.1) is 31.9 Å². The van der Waals surface area contributed by atoms with Crippen molar-refractivity contribution >= 4 is 29.1 Å². The predicted octanol–water partition coefficient (Wildman–Crippen LogP) is 5.05. The summed E-state index contributed by atoms with van der Waals surface area (Å²) in [4.78, 5) is 12.2. The Labute approximate surface area is 169 Å². The van der Waals surface area contributed by atoms with Crippen molar-refractivity contribution in [3.8, 4) is 17.2 Å². The summed E-state index contributed by atoms with van der Waals surface area (Å²) >= 11 is 11.9. The summed E-state index contributed by atoms with van der Waals surface area (Å²) in [5.41, 5.74) is 0.935. The molecule has 2 rings (SSSR count). The molecule has 7 heteroatoms. The number of nitrogens with one attached hydrogen (secondary N) is 1. The Morgan fingerprint density at radius 1 is 1.04 bits per heavy atom. The summed E-state index contributed by atoms with van der Waals surface area (Å²) in [5, 5.41) is 3.97. The fourth-order valence-corrected chi connectivity index (χ4v) is 2.99. The summed E-state index contributed by atoms with van der Waals surface area (Å²) < 4.78 is 16.1. The lowest BCUT2D eigenvalue weighted by Gasteiger charge is -2.16. The van der Waals surface area contributed by atoms with Crippen LogP contribution in [-0.4, -0.2) is 26.7 Å². The number of methoxy groups -OCH3 is 2. The van der Waals surface area contributed by atoms with Crippen LogP contribution in [0.1, 0.15) is 31.4 Å². The molecule has 2 aromatic carbocycles. The first-order chi connectivity index (χ1) is 12.9. The Hall–Kier alpha value is -2.11. The van der Waals surface area contributed by atoms with E-state index in [0.717, 1.165) is 5.56 Å². The molecule has 0 heterocycles. The molecule has 0 aliphatic heterocycles. The van der Waals surface area contributed by atoms with Gasteiger partial charge < -0.3 is 19.5 Å². The molecule has 1 N–H and O–H groups in total. The number of carbonyl (C=O) groups is 1. The maximum atomic E-state index is 12.2. The Morgan fingerprint density at radius 3 is 2.41 bits per heavy atom. The van der Waals surface area contributed by atoms with Gasteiger partial charge in [-0.05, 0) is 49.2 Å². The zero-order chi connectivity index (χ0) is 19.8. The third-order valence-corrected chi connectivity index (χ3v) is 4.52. The van der Waals surface area contributed by atoms with Crippen LogP contribution in [0.15, 0.2) is 36.4 Å². The van der Waals surface area contributed by atoms with Crippen LogP contribution in [0, 0.1) is 0 Å². The Bertz CT molecular complexity index is 783. The Balaban J connectivity index is 1.79. The van der Waals surface area contributed by atoms with Gasteiger partial charge in [0.1, 0.15) is 5.75 Å². The standard InChI is InChI=1S/C20H23Cl2NO4/c1-13(14-6-8-18(25-2)19(11-14)26-3)23-20(24)5-4-10-27-17-9-7-15(21)12-16(17)22/h6-9,11-13H,4-5,10H2,1-3H3,(H,23,24). The van der Waals surface area contributed by atoms with E-state index >= 15 is 0 Å². The quantitative estimate of drug-likeness (QED) is 0.586. The minimum atomic E-state index is -0.149. The number of rotatable bonds is 9. The highest BCUT2D eigenvalue weighted by Crippen LogP contribution is 2.30. The molecule has 0 aliphatic rings. The second kappa shape index (κ2) is 10.3. The van der Waals surface area contributed by atoms with E-state index in [-0.39, 0.29) is 11.9 Å². The molecule has 1 atom stereocenters. The van der Waals surface area contributed by atoms with Crippen molar-refractivity contribution in [2.45, 2.75) is 25.8 Å². The zero-order valence-corrected chi connectivity index (χ0v) is 17.1. The maximum absolute atomic E-state index is 12.2. The van der Waals surface area contributed by atoms with E-state index in [2.05, 4.69) is 5.32 Å². The van der Waals surface area contributed by atoms with E-state index in [4.69, 9.17) is 37.4 Å². The number of hydrogen-bond donors (Lipinski definition) is 1. The molecule has 0 fully saturated rings. The van der Waals surface area contributed by atoms with Crippen LogP contribution >= 0.6 is 23.2 Å². The van der Waals surface area contributed by atoms with Gasteiger partial charge in [-0.2, -0.15) is 0 Å². The normalized spacial score (nSPS) is 11.6. The first kappa shape index (κ1) is 21.2. The molecule has 0 aromatic heterocycles. The molecule has 2 aromatic rings. The Morgan fingerprint density at radius 2 is 1.74 bits per heavy atom. The second-order valence-corrected chi connectivity index (χ2v) is 6.77. The monoisotopic (exact) mass is 411 g/mol. The molecule has 0 radical (unpaired) electrons. The number of amides is 1. The molecular formula is C20H23Cl2NO4. The van der Waals surface area contributed by atoms with Gasteiger partial charge in [-0.1, -0.05) is 29.3 Å². The Kier molecular flexibility index (Phi) is 8.07. The third-order valence-electron chi connectivity index (χ3n) is 3.98. The van der Waals surface area contributed by atoms with Crippen LogP contribution in [0.3, 0.4) is 0 Å². The molecule has 1 amide bonds. The van der Waals surface area contributed by atoms with Crippen molar-refractivity contribution in [1.29, 1.82) is 0 Å². The molecule has 0 bridgehead atoms. The average Bonchev–Trinajstić information content (AvgIpc) is 2.65. The third kappa shape index (κ3) is 6.22. The lowest BCUT2D eigenvalue weighted by Crippen LogP contribution is -2.26. The molecule has 1 unspecified atom stereocenters.